The second-order valence-corrected chi connectivity index (χ2v) is 11.0. The van der Waals surface area contributed by atoms with Crippen LogP contribution in [-0.2, 0) is 14.3 Å². The van der Waals surface area contributed by atoms with Crippen LogP contribution >= 0.6 is 0 Å². The third-order valence-electron chi connectivity index (χ3n) is 9.34. The highest BCUT2D eigenvalue weighted by Gasteiger charge is 2.77. The maximum Gasteiger partial charge on any atom is 0.311 e. The quantitative estimate of drug-likeness (QED) is 0.529. The molecule has 0 amide bonds. The molecule has 2 saturated carbocycles. The summed E-state index contributed by atoms with van der Waals surface area (Å²) in [6, 6.07) is 8.23. The van der Waals surface area contributed by atoms with E-state index in [0.717, 1.165) is 63.4 Å². The van der Waals surface area contributed by atoms with Gasteiger partial charge >= 0.3 is 5.97 Å². The van der Waals surface area contributed by atoms with Crippen LogP contribution in [0.2, 0.25) is 0 Å². The van der Waals surface area contributed by atoms with Gasteiger partial charge in [-0.05, 0) is 50.7 Å². The topological polar surface area (TPSA) is 54.5 Å². The van der Waals surface area contributed by atoms with Gasteiger partial charge in [-0.1, -0.05) is 19.1 Å². The number of anilines is 1. The predicted octanol–water partition coefficient (Wildman–Crippen LogP) is 3.34. The van der Waals surface area contributed by atoms with E-state index in [-0.39, 0.29) is 29.2 Å². The van der Waals surface area contributed by atoms with Crippen molar-refractivity contribution in [3.8, 4) is 5.75 Å². The minimum Gasteiger partial charge on any atom is -0.495 e. The molecule has 6 rings (SSSR count). The minimum absolute atomic E-state index is 0.0191. The van der Waals surface area contributed by atoms with Gasteiger partial charge in [-0.25, -0.2) is 0 Å². The van der Waals surface area contributed by atoms with E-state index in [1.165, 1.54) is 6.42 Å². The molecule has 0 bridgehead atoms. The van der Waals surface area contributed by atoms with Crippen molar-refractivity contribution in [3.05, 3.63) is 24.3 Å². The number of para-hydroxylation sites is 2. The van der Waals surface area contributed by atoms with Crippen LogP contribution < -0.4 is 9.64 Å². The van der Waals surface area contributed by atoms with E-state index in [2.05, 4.69) is 35.8 Å². The van der Waals surface area contributed by atoms with Gasteiger partial charge in [0.15, 0.2) is 0 Å². The van der Waals surface area contributed by atoms with E-state index in [4.69, 9.17) is 14.2 Å². The maximum absolute atomic E-state index is 13.3. The number of methoxy groups -OCH3 is 1. The molecule has 7 atom stereocenters. The van der Waals surface area contributed by atoms with Gasteiger partial charge in [0, 0.05) is 44.6 Å². The van der Waals surface area contributed by atoms with E-state index in [1.807, 2.05) is 12.1 Å². The standard InChI is InChI=1S/C26H36N2O4/c1-17-8-9-20-18(23(29)31-26(20)19(17)10-11-25(2)24(26)32-25)16-27-12-14-28(15-13-27)21-6-4-5-7-22(21)30-3/h4-7,17-20,24H,8-16H2,1-3H3/t17-,18-,19+,20-,24-,25-,26-/m0/s1. The third-order valence-corrected chi connectivity index (χ3v) is 9.34. The molecule has 32 heavy (non-hydrogen) atoms. The number of fused-ring (bicyclic) bond motifs is 1. The van der Waals surface area contributed by atoms with Crippen molar-refractivity contribution in [2.24, 2.45) is 23.7 Å². The molecule has 0 radical (unpaired) electrons. The summed E-state index contributed by atoms with van der Waals surface area (Å²) in [5.41, 5.74) is 0.720. The Hall–Kier alpha value is -1.79. The maximum atomic E-state index is 13.3. The van der Waals surface area contributed by atoms with Crippen molar-refractivity contribution in [1.82, 2.24) is 4.90 Å². The minimum atomic E-state index is -0.369. The molecule has 1 aromatic rings. The number of ether oxygens (including phenoxy) is 3. The molecule has 174 valence electrons. The summed E-state index contributed by atoms with van der Waals surface area (Å²) >= 11 is 0. The first kappa shape index (κ1) is 20.8. The SMILES string of the molecule is COc1ccccc1N1CCN(C[C@@H]2C(=O)O[C@]34[C@H](CC[C@]5(C)O[C@H]35)[C@@H](C)CC[C@@H]24)CC1. The van der Waals surface area contributed by atoms with Crippen molar-refractivity contribution in [2.45, 2.75) is 56.8 Å². The van der Waals surface area contributed by atoms with Crippen LogP contribution in [0.3, 0.4) is 0 Å². The fraction of sp³-hybridized carbons (Fsp3) is 0.731. The molecule has 3 aliphatic heterocycles. The van der Waals surface area contributed by atoms with Gasteiger partial charge < -0.3 is 19.1 Å². The van der Waals surface area contributed by atoms with E-state index in [0.29, 0.717) is 17.8 Å². The van der Waals surface area contributed by atoms with Crippen molar-refractivity contribution in [1.29, 1.82) is 0 Å². The molecule has 3 saturated heterocycles. The average Bonchev–Trinajstić information content (AvgIpc) is 3.44. The van der Waals surface area contributed by atoms with Crippen LogP contribution in [0, 0.1) is 23.7 Å². The van der Waals surface area contributed by atoms with Crippen LogP contribution in [0.5, 0.6) is 5.75 Å². The lowest BCUT2D eigenvalue weighted by Crippen LogP contribution is -2.58. The van der Waals surface area contributed by atoms with Gasteiger partial charge in [-0.3, -0.25) is 9.69 Å². The zero-order valence-corrected chi connectivity index (χ0v) is 19.6. The highest BCUT2D eigenvalue weighted by atomic mass is 16.7. The number of hydrogen-bond donors (Lipinski definition) is 0. The summed E-state index contributed by atoms with van der Waals surface area (Å²) in [6.07, 6.45) is 4.63. The highest BCUT2D eigenvalue weighted by molar-refractivity contribution is 5.77. The molecule has 2 aliphatic carbocycles. The highest BCUT2D eigenvalue weighted by Crippen LogP contribution is 2.66. The first-order valence-corrected chi connectivity index (χ1v) is 12.5. The number of piperazine rings is 1. The molecular formula is C26H36N2O4. The molecule has 6 heteroatoms. The van der Waals surface area contributed by atoms with Gasteiger partial charge in [0.1, 0.15) is 17.5 Å². The number of rotatable bonds is 4. The molecule has 1 aromatic carbocycles. The smallest absolute Gasteiger partial charge is 0.311 e. The average molecular weight is 441 g/mol. The van der Waals surface area contributed by atoms with Gasteiger partial charge in [0.25, 0.3) is 0 Å². The number of hydrogen-bond acceptors (Lipinski definition) is 6. The Bertz CT molecular complexity index is 900. The summed E-state index contributed by atoms with van der Waals surface area (Å²) < 4.78 is 18.2. The van der Waals surface area contributed by atoms with Crippen LogP contribution in [0.15, 0.2) is 24.3 Å². The largest absolute Gasteiger partial charge is 0.495 e. The number of nitrogens with zero attached hydrogens (tertiary/aromatic N) is 2. The Morgan fingerprint density at radius 1 is 1.09 bits per heavy atom. The number of carbonyl (C=O) groups is 1. The van der Waals surface area contributed by atoms with Gasteiger partial charge in [-0.15, -0.1) is 0 Å². The first-order valence-electron chi connectivity index (χ1n) is 12.5. The van der Waals surface area contributed by atoms with Crippen LogP contribution in [-0.4, -0.2) is 68.0 Å². The molecule has 0 N–H and O–H groups in total. The summed E-state index contributed by atoms with van der Waals surface area (Å²) in [6.45, 7) is 9.19. The third kappa shape index (κ3) is 2.95. The van der Waals surface area contributed by atoms with Crippen molar-refractivity contribution < 1.29 is 19.0 Å². The lowest BCUT2D eigenvalue weighted by molar-refractivity contribution is -0.168. The second-order valence-electron chi connectivity index (χ2n) is 11.0. The van der Waals surface area contributed by atoms with Gasteiger partial charge in [0.05, 0.1) is 24.3 Å². The lowest BCUT2D eigenvalue weighted by Gasteiger charge is -2.50. The zero-order valence-electron chi connectivity index (χ0n) is 19.6. The predicted molar refractivity (Wildman–Crippen MR) is 122 cm³/mol. The molecule has 5 aliphatic rings. The van der Waals surface area contributed by atoms with E-state index >= 15 is 0 Å². The molecule has 0 unspecified atom stereocenters. The zero-order chi connectivity index (χ0) is 22.1. The molecule has 3 heterocycles. The first-order chi connectivity index (χ1) is 15.5. The molecule has 6 nitrogen and oxygen atoms in total. The number of esters is 1. The number of epoxide rings is 1. The van der Waals surface area contributed by atoms with E-state index in [9.17, 15) is 4.79 Å². The monoisotopic (exact) mass is 440 g/mol. The van der Waals surface area contributed by atoms with E-state index < -0.39 is 0 Å². The summed E-state index contributed by atoms with van der Waals surface area (Å²) in [5, 5.41) is 0. The normalized spacial score (nSPS) is 43.2. The Morgan fingerprint density at radius 2 is 1.88 bits per heavy atom. The lowest BCUT2D eigenvalue weighted by atomic mass is 9.55. The summed E-state index contributed by atoms with van der Waals surface area (Å²) in [7, 11) is 1.73. The summed E-state index contributed by atoms with van der Waals surface area (Å²) in [5.74, 6) is 2.30. The Labute approximate surface area is 191 Å². The fourth-order valence-corrected chi connectivity index (χ4v) is 7.60. The van der Waals surface area contributed by atoms with Gasteiger partial charge in [-0.2, -0.15) is 0 Å². The Morgan fingerprint density at radius 3 is 2.66 bits per heavy atom. The molecule has 5 fully saturated rings. The van der Waals surface area contributed by atoms with Gasteiger partial charge in [0.2, 0.25) is 0 Å². The number of carbonyl (C=O) groups excluding carboxylic acids is 1. The van der Waals surface area contributed by atoms with Crippen molar-refractivity contribution in [2.75, 3.05) is 44.7 Å². The van der Waals surface area contributed by atoms with Crippen LogP contribution in [0.4, 0.5) is 5.69 Å². The summed E-state index contributed by atoms with van der Waals surface area (Å²) in [4.78, 5) is 18.1. The van der Waals surface area contributed by atoms with Crippen molar-refractivity contribution in [3.63, 3.8) is 0 Å². The van der Waals surface area contributed by atoms with Crippen LogP contribution in [0.1, 0.15) is 39.5 Å². The molecule has 0 aromatic heterocycles. The fourth-order valence-electron chi connectivity index (χ4n) is 7.60. The Balaban J connectivity index is 1.17. The number of benzene rings is 1. The van der Waals surface area contributed by atoms with Crippen LogP contribution in [0.25, 0.3) is 0 Å². The van der Waals surface area contributed by atoms with E-state index in [1.54, 1.807) is 7.11 Å². The molecular weight excluding hydrogens is 404 g/mol. The Kier molecular flexibility index (Phi) is 4.78. The second kappa shape index (κ2) is 7.36. The molecule has 1 spiro atoms. The van der Waals surface area contributed by atoms with Crippen molar-refractivity contribution >= 4 is 11.7 Å².